The SMILES string of the molecule is COc1ccc(C(F)(F)F)c(C2(CN)CCCC2)c1OC. The molecule has 0 unspecified atom stereocenters. The molecule has 3 nitrogen and oxygen atoms in total. The summed E-state index contributed by atoms with van der Waals surface area (Å²) in [5.74, 6) is 0.458. The lowest BCUT2D eigenvalue weighted by Gasteiger charge is -2.33. The molecule has 1 saturated carbocycles. The van der Waals surface area contributed by atoms with Crippen molar-refractivity contribution >= 4 is 0 Å². The average Bonchev–Trinajstić information content (AvgIpc) is 2.94. The molecule has 0 saturated heterocycles. The van der Waals surface area contributed by atoms with E-state index >= 15 is 0 Å². The van der Waals surface area contributed by atoms with Gasteiger partial charge < -0.3 is 15.2 Å². The Hall–Kier alpha value is -1.43. The molecule has 0 spiro atoms. The monoisotopic (exact) mass is 303 g/mol. The van der Waals surface area contributed by atoms with Crippen molar-refractivity contribution in [3.63, 3.8) is 0 Å². The zero-order chi connectivity index (χ0) is 15.7. The Morgan fingerprint density at radius 1 is 1.14 bits per heavy atom. The molecule has 0 atom stereocenters. The van der Waals surface area contributed by atoms with E-state index < -0.39 is 17.2 Å². The van der Waals surface area contributed by atoms with Gasteiger partial charge in [-0.05, 0) is 25.0 Å². The van der Waals surface area contributed by atoms with Crippen LogP contribution in [0.2, 0.25) is 0 Å². The maximum absolute atomic E-state index is 13.4. The summed E-state index contributed by atoms with van der Waals surface area (Å²) >= 11 is 0. The molecular weight excluding hydrogens is 283 g/mol. The number of alkyl halides is 3. The highest BCUT2D eigenvalue weighted by Gasteiger charge is 2.45. The lowest BCUT2D eigenvalue weighted by Crippen LogP contribution is -2.35. The molecule has 2 rings (SSSR count). The van der Waals surface area contributed by atoms with Gasteiger partial charge in [0, 0.05) is 17.5 Å². The molecular formula is C15H20F3NO2. The fourth-order valence-electron chi connectivity index (χ4n) is 3.30. The van der Waals surface area contributed by atoms with Crippen LogP contribution in [0.3, 0.4) is 0 Å². The van der Waals surface area contributed by atoms with E-state index in [0.29, 0.717) is 18.6 Å². The first kappa shape index (κ1) is 15.9. The minimum absolute atomic E-state index is 0.150. The van der Waals surface area contributed by atoms with Crippen LogP contribution in [0.1, 0.15) is 36.8 Å². The van der Waals surface area contributed by atoms with Gasteiger partial charge in [-0.25, -0.2) is 0 Å². The Balaban J connectivity index is 2.75. The van der Waals surface area contributed by atoms with Crippen LogP contribution in [0, 0.1) is 0 Å². The number of ether oxygens (including phenoxy) is 2. The molecule has 0 aliphatic heterocycles. The van der Waals surface area contributed by atoms with Gasteiger partial charge >= 0.3 is 6.18 Å². The third kappa shape index (κ3) is 2.69. The van der Waals surface area contributed by atoms with E-state index in [1.165, 1.54) is 20.3 Å². The fraction of sp³-hybridized carbons (Fsp3) is 0.600. The largest absolute Gasteiger partial charge is 0.493 e. The standard InChI is InChI=1S/C15H20F3NO2/c1-20-11-6-5-10(15(16,17)18)12(13(11)21-2)14(9-19)7-3-4-8-14/h5-6H,3-4,7-9,19H2,1-2H3. The fourth-order valence-corrected chi connectivity index (χ4v) is 3.30. The van der Waals surface area contributed by atoms with E-state index in [4.69, 9.17) is 15.2 Å². The van der Waals surface area contributed by atoms with Crippen molar-refractivity contribution in [2.45, 2.75) is 37.3 Å². The number of hydrogen-bond acceptors (Lipinski definition) is 3. The van der Waals surface area contributed by atoms with Crippen LogP contribution in [-0.4, -0.2) is 20.8 Å². The van der Waals surface area contributed by atoms with E-state index in [2.05, 4.69) is 0 Å². The summed E-state index contributed by atoms with van der Waals surface area (Å²) in [7, 11) is 2.78. The van der Waals surface area contributed by atoms with Crippen molar-refractivity contribution < 1.29 is 22.6 Å². The minimum Gasteiger partial charge on any atom is -0.493 e. The first-order chi connectivity index (χ1) is 9.89. The lowest BCUT2D eigenvalue weighted by atomic mass is 9.75. The molecule has 0 bridgehead atoms. The zero-order valence-electron chi connectivity index (χ0n) is 12.2. The van der Waals surface area contributed by atoms with Crippen LogP contribution < -0.4 is 15.2 Å². The van der Waals surface area contributed by atoms with Crippen LogP contribution in [-0.2, 0) is 11.6 Å². The molecule has 0 radical (unpaired) electrons. The molecule has 0 heterocycles. The third-order valence-electron chi connectivity index (χ3n) is 4.33. The maximum Gasteiger partial charge on any atom is 0.416 e. The number of methoxy groups -OCH3 is 2. The van der Waals surface area contributed by atoms with Crippen molar-refractivity contribution in [3.05, 3.63) is 23.3 Å². The van der Waals surface area contributed by atoms with E-state index in [1.54, 1.807) is 0 Å². The average molecular weight is 303 g/mol. The Morgan fingerprint density at radius 3 is 2.19 bits per heavy atom. The highest BCUT2D eigenvalue weighted by Crippen LogP contribution is 2.51. The van der Waals surface area contributed by atoms with Crippen LogP contribution in [0.5, 0.6) is 11.5 Å². The number of nitrogens with two attached hydrogens (primary N) is 1. The molecule has 2 N–H and O–H groups in total. The van der Waals surface area contributed by atoms with Crippen molar-refractivity contribution in [1.82, 2.24) is 0 Å². The second-order valence-electron chi connectivity index (χ2n) is 5.41. The molecule has 21 heavy (non-hydrogen) atoms. The molecule has 1 aliphatic rings. The lowest BCUT2D eigenvalue weighted by molar-refractivity contribution is -0.139. The Kier molecular flexibility index (Phi) is 4.37. The van der Waals surface area contributed by atoms with E-state index in [1.807, 2.05) is 0 Å². The Morgan fingerprint density at radius 2 is 1.76 bits per heavy atom. The van der Waals surface area contributed by atoms with Crippen molar-refractivity contribution in [2.75, 3.05) is 20.8 Å². The molecule has 1 aromatic carbocycles. The molecule has 118 valence electrons. The van der Waals surface area contributed by atoms with E-state index in [-0.39, 0.29) is 17.9 Å². The molecule has 1 aromatic rings. The summed E-state index contributed by atoms with van der Waals surface area (Å²) in [6, 6.07) is 2.36. The van der Waals surface area contributed by atoms with Gasteiger partial charge in [-0.2, -0.15) is 13.2 Å². The summed E-state index contributed by atoms with van der Waals surface area (Å²) in [5, 5.41) is 0. The second kappa shape index (κ2) is 5.75. The van der Waals surface area contributed by atoms with Crippen molar-refractivity contribution in [3.8, 4) is 11.5 Å². The smallest absolute Gasteiger partial charge is 0.416 e. The maximum atomic E-state index is 13.4. The summed E-state index contributed by atoms with van der Waals surface area (Å²) < 4.78 is 50.7. The van der Waals surface area contributed by atoms with Gasteiger partial charge in [-0.1, -0.05) is 12.8 Å². The van der Waals surface area contributed by atoms with E-state index in [9.17, 15) is 13.2 Å². The van der Waals surface area contributed by atoms with Gasteiger partial charge in [0.05, 0.1) is 19.8 Å². The predicted octanol–water partition coefficient (Wildman–Crippen LogP) is 3.49. The van der Waals surface area contributed by atoms with Gasteiger partial charge in [-0.15, -0.1) is 0 Å². The molecule has 0 amide bonds. The predicted molar refractivity (Wildman–Crippen MR) is 73.7 cm³/mol. The quantitative estimate of drug-likeness (QED) is 0.926. The van der Waals surface area contributed by atoms with Crippen LogP contribution in [0.15, 0.2) is 12.1 Å². The number of rotatable bonds is 4. The van der Waals surface area contributed by atoms with Gasteiger partial charge in [-0.3, -0.25) is 0 Å². The van der Waals surface area contributed by atoms with Gasteiger partial charge in [0.1, 0.15) is 0 Å². The van der Waals surface area contributed by atoms with Gasteiger partial charge in [0.15, 0.2) is 11.5 Å². The summed E-state index contributed by atoms with van der Waals surface area (Å²) in [6.07, 6.45) is -1.43. The minimum atomic E-state index is -4.44. The first-order valence-electron chi connectivity index (χ1n) is 6.92. The number of benzene rings is 1. The molecule has 1 fully saturated rings. The molecule has 0 aromatic heterocycles. The van der Waals surface area contributed by atoms with Gasteiger partial charge in [0.2, 0.25) is 0 Å². The van der Waals surface area contributed by atoms with Gasteiger partial charge in [0.25, 0.3) is 0 Å². The summed E-state index contributed by atoms with van der Waals surface area (Å²) in [4.78, 5) is 0. The van der Waals surface area contributed by atoms with Crippen molar-refractivity contribution in [1.29, 1.82) is 0 Å². The highest BCUT2D eigenvalue weighted by atomic mass is 19.4. The normalized spacial score (nSPS) is 17.8. The zero-order valence-corrected chi connectivity index (χ0v) is 12.2. The topological polar surface area (TPSA) is 44.5 Å². The van der Waals surface area contributed by atoms with Crippen LogP contribution in [0.4, 0.5) is 13.2 Å². The summed E-state index contributed by atoms with van der Waals surface area (Å²) in [5.41, 5.74) is 4.65. The highest BCUT2D eigenvalue weighted by molar-refractivity contribution is 5.56. The van der Waals surface area contributed by atoms with E-state index in [0.717, 1.165) is 18.9 Å². The first-order valence-corrected chi connectivity index (χ1v) is 6.92. The third-order valence-corrected chi connectivity index (χ3v) is 4.33. The number of halogens is 3. The summed E-state index contributed by atoms with van der Waals surface area (Å²) in [6.45, 7) is 0.166. The molecule has 1 aliphatic carbocycles. The second-order valence-corrected chi connectivity index (χ2v) is 5.41. The van der Waals surface area contributed by atoms with Crippen LogP contribution >= 0.6 is 0 Å². The Labute approximate surface area is 122 Å². The Bertz CT molecular complexity index is 508. The molecule has 6 heteroatoms. The van der Waals surface area contributed by atoms with Crippen LogP contribution in [0.25, 0.3) is 0 Å². The van der Waals surface area contributed by atoms with Crippen molar-refractivity contribution in [2.24, 2.45) is 5.73 Å². The number of hydrogen-bond donors (Lipinski definition) is 1.